The molecule has 1 aliphatic heterocycles. The topological polar surface area (TPSA) is 50.4 Å². The maximum Gasteiger partial charge on any atom is 0.157 e. The van der Waals surface area contributed by atoms with Crippen molar-refractivity contribution in [1.82, 2.24) is 10.6 Å². The fourth-order valence-electron chi connectivity index (χ4n) is 2.01. The lowest BCUT2D eigenvalue weighted by atomic mass is 9.99. The molecule has 2 rings (SSSR count). The standard InChI is InChI=1S/C12H16N2O2.ClH/c1-16-12(9-13-5-6-14-12)11-4-2-3-10(7-11)8-15;/h2-4,7-8,13-14H,5-6,9H2,1H3;1H/t12-;/m1./s1. The van der Waals surface area contributed by atoms with E-state index in [1.165, 1.54) is 0 Å². The van der Waals surface area contributed by atoms with Crippen LogP contribution in [0.3, 0.4) is 0 Å². The summed E-state index contributed by atoms with van der Waals surface area (Å²) in [5.74, 6) is 0. The van der Waals surface area contributed by atoms with Crippen LogP contribution in [0.15, 0.2) is 24.3 Å². The molecule has 1 fully saturated rings. The van der Waals surface area contributed by atoms with E-state index in [0.717, 1.165) is 24.9 Å². The first-order valence-corrected chi connectivity index (χ1v) is 5.37. The molecule has 1 aromatic rings. The van der Waals surface area contributed by atoms with Crippen LogP contribution in [0.1, 0.15) is 15.9 Å². The van der Waals surface area contributed by atoms with E-state index in [-0.39, 0.29) is 12.4 Å². The molecule has 1 atom stereocenters. The second-order valence-electron chi connectivity index (χ2n) is 3.88. The SMILES string of the molecule is CO[C@@]1(c2cccc(C=O)c2)CNCCN1.Cl. The van der Waals surface area contributed by atoms with Crippen LogP contribution in [0, 0.1) is 0 Å². The summed E-state index contributed by atoms with van der Waals surface area (Å²) < 4.78 is 5.57. The molecule has 0 aliphatic carbocycles. The zero-order chi connectivity index (χ0) is 11.4. The monoisotopic (exact) mass is 256 g/mol. The maximum atomic E-state index is 10.8. The molecule has 0 amide bonds. The molecular weight excluding hydrogens is 240 g/mol. The minimum atomic E-state index is -0.517. The number of piperazine rings is 1. The average Bonchev–Trinajstić information content (AvgIpc) is 2.39. The van der Waals surface area contributed by atoms with Gasteiger partial charge in [-0.05, 0) is 6.07 Å². The van der Waals surface area contributed by atoms with E-state index < -0.39 is 5.72 Å². The Morgan fingerprint density at radius 3 is 2.82 bits per heavy atom. The molecule has 4 nitrogen and oxygen atoms in total. The minimum absolute atomic E-state index is 0. The summed E-state index contributed by atoms with van der Waals surface area (Å²) in [6, 6.07) is 7.49. The lowest BCUT2D eigenvalue weighted by Gasteiger charge is -2.38. The highest BCUT2D eigenvalue weighted by Crippen LogP contribution is 2.23. The van der Waals surface area contributed by atoms with Gasteiger partial charge in [-0.15, -0.1) is 12.4 Å². The molecule has 1 heterocycles. The first-order chi connectivity index (χ1) is 7.80. The molecule has 0 unspecified atom stereocenters. The number of aldehydes is 1. The van der Waals surface area contributed by atoms with Gasteiger partial charge >= 0.3 is 0 Å². The lowest BCUT2D eigenvalue weighted by molar-refractivity contribution is -0.0536. The van der Waals surface area contributed by atoms with Gasteiger partial charge in [0.1, 0.15) is 6.29 Å². The molecule has 17 heavy (non-hydrogen) atoms. The fraction of sp³-hybridized carbons (Fsp3) is 0.417. The number of carbonyl (C=O) groups excluding carboxylic acids is 1. The molecule has 0 radical (unpaired) electrons. The summed E-state index contributed by atoms with van der Waals surface area (Å²) in [6.45, 7) is 2.48. The van der Waals surface area contributed by atoms with Crippen LogP contribution in [0.4, 0.5) is 0 Å². The number of ether oxygens (including phenoxy) is 1. The molecule has 0 spiro atoms. The lowest BCUT2D eigenvalue weighted by Crippen LogP contribution is -2.57. The molecule has 1 aliphatic rings. The Balaban J connectivity index is 0.00000144. The first-order valence-electron chi connectivity index (χ1n) is 5.37. The summed E-state index contributed by atoms with van der Waals surface area (Å²) in [4.78, 5) is 10.8. The zero-order valence-corrected chi connectivity index (χ0v) is 10.5. The van der Waals surface area contributed by atoms with E-state index >= 15 is 0 Å². The van der Waals surface area contributed by atoms with Crippen molar-refractivity contribution in [2.75, 3.05) is 26.7 Å². The third-order valence-corrected chi connectivity index (χ3v) is 2.92. The zero-order valence-electron chi connectivity index (χ0n) is 9.73. The Labute approximate surface area is 107 Å². The van der Waals surface area contributed by atoms with Gasteiger partial charge in [0.15, 0.2) is 5.72 Å². The number of benzene rings is 1. The summed E-state index contributed by atoms with van der Waals surface area (Å²) in [6.07, 6.45) is 0.850. The van der Waals surface area contributed by atoms with Gasteiger partial charge in [0.05, 0.1) is 0 Å². The van der Waals surface area contributed by atoms with E-state index in [1.807, 2.05) is 18.2 Å². The van der Waals surface area contributed by atoms with Gasteiger partial charge in [0.2, 0.25) is 0 Å². The predicted molar refractivity (Wildman–Crippen MR) is 68.6 cm³/mol. The smallest absolute Gasteiger partial charge is 0.157 e. The quantitative estimate of drug-likeness (QED) is 0.790. The second-order valence-corrected chi connectivity index (χ2v) is 3.88. The molecule has 1 saturated heterocycles. The summed E-state index contributed by atoms with van der Waals surface area (Å²) in [5, 5.41) is 6.64. The van der Waals surface area contributed by atoms with Crippen LogP contribution in [-0.4, -0.2) is 33.0 Å². The third-order valence-electron chi connectivity index (χ3n) is 2.92. The molecule has 0 bridgehead atoms. The van der Waals surface area contributed by atoms with Crippen molar-refractivity contribution in [3.05, 3.63) is 35.4 Å². The summed E-state index contributed by atoms with van der Waals surface area (Å²) in [5.41, 5.74) is 1.13. The van der Waals surface area contributed by atoms with Crippen LogP contribution >= 0.6 is 12.4 Å². The highest BCUT2D eigenvalue weighted by Gasteiger charge is 2.33. The summed E-state index contributed by atoms with van der Waals surface area (Å²) >= 11 is 0. The Bertz CT molecular complexity index is 379. The minimum Gasteiger partial charge on any atom is -0.358 e. The van der Waals surface area contributed by atoms with Crippen molar-refractivity contribution >= 4 is 18.7 Å². The number of halogens is 1. The Kier molecular flexibility index (Phi) is 5.08. The van der Waals surface area contributed by atoms with E-state index in [2.05, 4.69) is 10.6 Å². The predicted octanol–water partition coefficient (Wildman–Crippen LogP) is 0.913. The van der Waals surface area contributed by atoms with Gasteiger partial charge in [-0.2, -0.15) is 0 Å². The van der Waals surface area contributed by atoms with Crippen molar-refractivity contribution in [3.8, 4) is 0 Å². The first kappa shape index (κ1) is 14.1. The molecule has 94 valence electrons. The normalized spacial score (nSPS) is 23.8. The molecule has 5 heteroatoms. The molecule has 0 aromatic heterocycles. The second kappa shape index (κ2) is 6.12. The van der Waals surface area contributed by atoms with Gasteiger partial charge < -0.3 is 10.1 Å². The van der Waals surface area contributed by atoms with Crippen molar-refractivity contribution in [3.63, 3.8) is 0 Å². The van der Waals surface area contributed by atoms with E-state index in [0.29, 0.717) is 12.1 Å². The Hall–Kier alpha value is -0.940. The molecular formula is C12H17ClN2O2. The number of hydrogen-bond donors (Lipinski definition) is 2. The van der Waals surface area contributed by atoms with Gasteiger partial charge in [0, 0.05) is 37.9 Å². The molecule has 0 saturated carbocycles. The highest BCUT2D eigenvalue weighted by molar-refractivity contribution is 5.85. The molecule has 2 N–H and O–H groups in total. The van der Waals surface area contributed by atoms with Crippen molar-refractivity contribution in [2.45, 2.75) is 5.72 Å². The number of rotatable bonds is 3. The van der Waals surface area contributed by atoms with E-state index in [4.69, 9.17) is 4.74 Å². The number of carbonyl (C=O) groups is 1. The van der Waals surface area contributed by atoms with Crippen LogP contribution in [0.25, 0.3) is 0 Å². The van der Waals surface area contributed by atoms with Gasteiger partial charge in [-0.25, -0.2) is 0 Å². The fourth-order valence-corrected chi connectivity index (χ4v) is 2.01. The van der Waals surface area contributed by atoms with Crippen molar-refractivity contribution < 1.29 is 9.53 Å². The van der Waals surface area contributed by atoms with Crippen LogP contribution in [0.5, 0.6) is 0 Å². The maximum absolute atomic E-state index is 10.8. The van der Waals surface area contributed by atoms with Crippen LogP contribution < -0.4 is 10.6 Å². The van der Waals surface area contributed by atoms with E-state index in [1.54, 1.807) is 13.2 Å². The number of hydrogen-bond acceptors (Lipinski definition) is 4. The van der Waals surface area contributed by atoms with Crippen molar-refractivity contribution in [1.29, 1.82) is 0 Å². The average molecular weight is 257 g/mol. The summed E-state index contributed by atoms with van der Waals surface area (Å²) in [7, 11) is 1.67. The van der Waals surface area contributed by atoms with Gasteiger partial charge in [-0.1, -0.05) is 18.2 Å². The number of methoxy groups -OCH3 is 1. The van der Waals surface area contributed by atoms with Crippen molar-refractivity contribution in [2.24, 2.45) is 0 Å². The van der Waals surface area contributed by atoms with Crippen LogP contribution in [0.2, 0.25) is 0 Å². The number of nitrogens with one attached hydrogen (secondary N) is 2. The largest absolute Gasteiger partial charge is 0.358 e. The molecule has 1 aromatic carbocycles. The van der Waals surface area contributed by atoms with E-state index in [9.17, 15) is 4.79 Å². The third kappa shape index (κ3) is 2.84. The Morgan fingerprint density at radius 2 is 2.24 bits per heavy atom. The Morgan fingerprint density at radius 1 is 1.41 bits per heavy atom. The van der Waals surface area contributed by atoms with Gasteiger partial charge in [0.25, 0.3) is 0 Å². The van der Waals surface area contributed by atoms with Gasteiger partial charge in [-0.3, -0.25) is 10.1 Å². The van der Waals surface area contributed by atoms with Crippen LogP contribution in [-0.2, 0) is 10.5 Å². The highest BCUT2D eigenvalue weighted by atomic mass is 35.5.